The largest absolute Gasteiger partial charge is 0.372 e. The Labute approximate surface area is 145 Å². The van der Waals surface area contributed by atoms with Gasteiger partial charge < -0.3 is 14.5 Å². The summed E-state index contributed by atoms with van der Waals surface area (Å²) in [5.74, 6) is 1.44. The van der Waals surface area contributed by atoms with Crippen LogP contribution in [0.15, 0.2) is 23.4 Å². The van der Waals surface area contributed by atoms with E-state index in [0.717, 1.165) is 36.7 Å². The van der Waals surface area contributed by atoms with E-state index in [9.17, 15) is 4.79 Å². The van der Waals surface area contributed by atoms with Crippen molar-refractivity contribution in [2.24, 2.45) is 0 Å². The van der Waals surface area contributed by atoms with Crippen molar-refractivity contribution < 1.29 is 4.74 Å². The van der Waals surface area contributed by atoms with Gasteiger partial charge in [-0.05, 0) is 20.3 Å². The van der Waals surface area contributed by atoms with Crippen molar-refractivity contribution in [3.05, 3.63) is 40.2 Å². The van der Waals surface area contributed by atoms with Crippen LogP contribution in [0.25, 0.3) is 0 Å². The molecule has 8 nitrogen and oxygen atoms in total. The maximum atomic E-state index is 12.5. The lowest BCUT2D eigenvalue weighted by Crippen LogP contribution is -2.47. The normalized spacial score (nSPS) is 23.4. The summed E-state index contributed by atoms with van der Waals surface area (Å²) in [5, 5.41) is 0. The molecule has 4 heterocycles. The minimum atomic E-state index is -0.0365. The Balaban J connectivity index is 1.63. The number of rotatable bonds is 2. The summed E-state index contributed by atoms with van der Waals surface area (Å²) >= 11 is 0. The highest BCUT2D eigenvalue weighted by Gasteiger charge is 2.27. The lowest BCUT2D eigenvalue weighted by Gasteiger charge is -2.36. The standard InChI is InChI=1S/C17H22N6O2/c1-11-8-23(9-12(2)25-11)17-20-14-10-22(15-7-18-4-5-19-15)6-3-13(14)16(24)21-17/h4-5,7,11-12H,3,6,8-10H2,1-2H3,(H,20,21,24). The van der Waals surface area contributed by atoms with Crippen molar-refractivity contribution in [2.45, 2.75) is 39.0 Å². The molecular formula is C17H22N6O2. The highest BCUT2D eigenvalue weighted by atomic mass is 16.5. The zero-order valence-electron chi connectivity index (χ0n) is 14.5. The van der Waals surface area contributed by atoms with Gasteiger partial charge in [-0.1, -0.05) is 0 Å². The molecule has 0 spiro atoms. The summed E-state index contributed by atoms with van der Waals surface area (Å²) < 4.78 is 5.77. The van der Waals surface area contributed by atoms with Gasteiger partial charge in [-0.15, -0.1) is 0 Å². The number of morpholine rings is 1. The monoisotopic (exact) mass is 342 g/mol. The third-order valence-corrected chi connectivity index (χ3v) is 4.65. The lowest BCUT2D eigenvalue weighted by molar-refractivity contribution is -0.00575. The fourth-order valence-corrected chi connectivity index (χ4v) is 3.58. The molecule has 8 heteroatoms. The predicted octanol–water partition coefficient (Wildman–Crippen LogP) is 0.736. The van der Waals surface area contributed by atoms with Crippen molar-refractivity contribution in [1.29, 1.82) is 0 Å². The van der Waals surface area contributed by atoms with Crippen molar-refractivity contribution >= 4 is 11.8 Å². The molecular weight excluding hydrogens is 320 g/mol. The minimum absolute atomic E-state index is 0.0365. The first-order chi connectivity index (χ1) is 12.1. The molecule has 1 saturated heterocycles. The average molecular weight is 342 g/mol. The zero-order valence-corrected chi connectivity index (χ0v) is 14.5. The van der Waals surface area contributed by atoms with E-state index >= 15 is 0 Å². The summed E-state index contributed by atoms with van der Waals surface area (Å²) in [6, 6.07) is 0. The van der Waals surface area contributed by atoms with Crippen LogP contribution in [-0.4, -0.2) is 51.8 Å². The summed E-state index contributed by atoms with van der Waals surface area (Å²) in [7, 11) is 0. The first-order valence-electron chi connectivity index (χ1n) is 8.63. The molecule has 25 heavy (non-hydrogen) atoms. The SMILES string of the molecule is CC1CN(c2nc3c(c(=O)[nH]2)CCN(c2cnccn2)C3)CC(C)O1. The maximum absolute atomic E-state index is 12.5. The molecule has 0 aliphatic carbocycles. The van der Waals surface area contributed by atoms with Crippen LogP contribution in [0.2, 0.25) is 0 Å². The second-order valence-electron chi connectivity index (χ2n) is 6.71. The van der Waals surface area contributed by atoms with E-state index in [1.807, 2.05) is 13.8 Å². The molecule has 2 aromatic rings. The number of fused-ring (bicyclic) bond motifs is 1. The van der Waals surface area contributed by atoms with Gasteiger partial charge >= 0.3 is 0 Å². The number of aromatic nitrogens is 4. The third kappa shape index (κ3) is 3.21. The van der Waals surface area contributed by atoms with Crippen LogP contribution in [0.3, 0.4) is 0 Å². The van der Waals surface area contributed by atoms with Crippen LogP contribution >= 0.6 is 0 Å². The van der Waals surface area contributed by atoms with Crippen LogP contribution in [0, 0.1) is 0 Å². The summed E-state index contributed by atoms with van der Waals surface area (Å²) in [6.45, 7) is 6.83. The zero-order chi connectivity index (χ0) is 17.4. The molecule has 2 atom stereocenters. The number of aromatic amines is 1. The van der Waals surface area contributed by atoms with Crippen LogP contribution in [0.1, 0.15) is 25.1 Å². The Morgan fingerprint density at radius 3 is 2.72 bits per heavy atom. The molecule has 2 aromatic heterocycles. The Morgan fingerprint density at radius 2 is 2.00 bits per heavy atom. The van der Waals surface area contributed by atoms with Crippen molar-refractivity contribution in [1.82, 2.24) is 19.9 Å². The van der Waals surface area contributed by atoms with Gasteiger partial charge in [-0.2, -0.15) is 0 Å². The van der Waals surface area contributed by atoms with Crippen molar-refractivity contribution in [3.63, 3.8) is 0 Å². The van der Waals surface area contributed by atoms with Gasteiger partial charge in [0.2, 0.25) is 5.95 Å². The van der Waals surface area contributed by atoms with Gasteiger partial charge in [0.05, 0.1) is 30.6 Å². The highest BCUT2D eigenvalue weighted by Crippen LogP contribution is 2.22. The quantitative estimate of drug-likeness (QED) is 0.861. The molecule has 0 aromatic carbocycles. The van der Waals surface area contributed by atoms with Crippen LogP contribution in [0.5, 0.6) is 0 Å². The number of ether oxygens (including phenoxy) is 1. The number of nitrogens with zero attached hydrogens (tertiary/aromatic N) is 5. The van der Waals surface area contributed by atoms with Gasteiger partial charge in [0.15, 0.2) is 0 Å². The first-order valence-corrected chi connectivity index (χ1v) is 8.63. The van der Waals surface area contributed by atoms with E-state index < -0.39 is 0 Å². The Bertz CT molecular complexity index is 799. The summed E-state index contributed by atoms with van der Waals surface area (Å²) in [4.78, 5) is 32.9. The topological polar surface area (TPSA) is 87.2 Å². The van der Waals surface area contributed by atoms with Gasteiger partial charge in [-0.3, -0.25) is 14.8 Å². The van der Waals surface area contributed by atoms with Crippen LogP contribution in [-0.2, 0) is 17.7 Å². The predicted molar refractivity (Wildman–Crippen MR) is 93.9 cm³/mol. The second kappa shape index (κ2) is 6.44. The fraction of sp³-hybridized carbons (Fsp3) is 0.529. The Morgan fingerprint density at radius 1 is 1.20 bits per heavy atom. The van der Waals surface area contributed by atoms with Crippen LogP contribution < -0.4 is 15.4 Å². The van der Waals surface area contributed by atoms with Gasteiger partial charge in [0.25, 0.3) is 5.56 Å². The number of H-pyrrole nitrogens is 1. The second-order valence-corrected chi connectivity index (χ2v) is 6.71. The van der Waals surface area contributed by atoms with E-state index in [2.05, 4.69) is 24.8 Å². The first kappa shape index (κ1) is 16.0. The molecule has 1 N–H and O–H groups in total. The van der Waals surface area contributed by atoms with E-state index in [-0.39, 0.29) is 17.8 Å². The van der Waals surface area contributed by atoms with Crippen molar-refractivity contribution in [3.8, 4) is 0 Å². The lowest BCUT2D eigenvalue weighted by atomic mass is 10.1. The molecule has 2 unspecified atom stereocenters. The molecule has 4 rings (SSSR count). The van der Waals surface area contributed by atoms with Crippen LogP contribution in [0.4, 0.5) is 11.8 Å². The average Bonchev–Trinajstić information content (AvgIpc) is 2.61. The fourth-order valence-electron chi connectivity index (χ4n) is 3.58. The third-order valence-electron chi connectivity index (χ3n) is 4.65. The van der Waals surface area contributed by atoms with E-state index in [0.29, 0.717) is 18.9 Å². The number of hydrogen-bond acceptors (Lipinski definition) is 7. The van der Waals surface area contributed by atoms with E-state index in [4.69, 9.17) is 9.72 Å². The Hall–Kier alpha value is -2.48. The van der Waals surface area contributed by atoms with E-state index in [1.165, 1.54) is 0 Å². The molecule has 0 bridgehead atoms. The molecule has 0 radical (unpaired) electrons. The molecule has 2 aliphatic rings. The van der Waals surface area contributed by atoms with Gasteiger partial charge in [0, 0.05) is 37.6 Å². The van der Waals surface area contributed by atoms with Gasteiger partial charge in [0.1, 0.15) is 5.82 Å². The van der Waals surface area contributed by atoms with E-state index in [1.54, 1.807) is 18.6 Å². The maximum Gasteiger partial charge on any atom is 0.255 e. The highest BCUT2D eigenvalue weighted by molar-refractivity contribution is 5.42. The molecule has 0 saturated carbocycles. The minimum Gasteiger partial charge on any atom is -0.372 e. The molecule has 2 aliphatic heterocycles. The van der Waals surface area contributed by atoms with Crippen molar-refractivity contribution in [2.75, 3.05) is 29.4 Å². The Kier molecular flexibility index (Phi) is 4.12. The molecule has 132 valence electrons. The number of anilines is 2. The number of hydrogen-bond donors (Lipinski definition) is 1. The number of nitrogens with one attached hydrogen (secondary N) is 1. The molecule has 1 fully saturated rings. The summed E-state index contributed by atoms with van der Waals surface area (Å²) in [6.07, 6.45) is 5.96. The molecule has 0 amide bonds. The summed E-state index contributed by atoms with van der Waals surface area (Å²) in [5.41, 5.74) is 1.56. The van der Waals surface area contributed by atoms with Gasteiger partial charge in [-0.25, -0.2) is 9.97 Å². The smallest absolute Gasteiger partial charge is 0.255 e.